The highest BCUT2D eigenvalue weighted by molar-refractivity contribution is 6.30. The number of anilines is 1. The molecule has 1 fully saturated rings. The summed E-state index contributed by atoms with van der Waals surface area (Å²) in [6.45, 7) is 2.15. The minimum Gasteiger partial charge on any atom is -0.325 e. The summed E-state index contributed by atoms with van der Waals surface area (Å²) in [6, 6.07) is 18.8. The maximum atomic E-state index is 13.4. The molecule has 5 nitrogen and oxygen atoms in total. The molecule has 1 unspecified atom stereocenters. The molecule has 168 valence electrons. The van der Waals surface area contributed by atoms with Crippen molar-refractivity contribution in [3.05, 3.63) is 100 Å². The van der Waals surface area contributed by atoms with Crippen molar-refractivity contribution in [2.45, 2.75) is 32.4 Å². The van der Waals surface area contributed by atoms with Gasteiger partial charge in [0.15, 0.2) is 0 Å². The molecule has 1 heterocycles. The van der Waals surface area contributed by atoms with Crippen LogP contribution in [0.4, 0.5) is 10.1 Å². The Morgan fingerprint density at radius 3 is 2.21 bits per heavy atom. The highest BCUT2D eigenvalue weighted by atomic mass is 35.5. The van der Waals surface area contributed by atoms with Crippen LogP contribution in [0.3, 0.4) is 0 Å². The van der Waals surface area contributed by atoms with Gasteiger partial charge in [0.05, 0.1) is 18.5 Å². The maximum absolute atomic E-state index is 13.4. The average molecular weight is 465 g/mol. The van der Waals surface area contributed by atoms with Crippen molar-refractivity contribution in [2.75, 3.05) is 4.90 Å². The van der Waals surface area contributed by atoms with Crippen molar-refractivity contribution >= 4 is 35.0 Å². The second kappa shape index (κ2) is 9.55. The fourth-order valence-electron chi connectivity index (χ4n) is 3.86. The molecule has 1 aliphatic rings. The zero-order valence-corrected chi connectivity index (χ0v) is 18.8. The third-order valence-corrected chi connectivity index (χ3v) is 5.90. The Morgan fingerprint density at radius 1 is 0.970 bits per heavy atom. The van der Waals surface area contributed by atoms with Gasteiger partial charge in [-0.2, -0.15) is 0 Å². The van der Waals surface area contributed by atoms with E-state index in [-0.39, 0.29) is 31.0 Å². The molecule has 33 heavy (non-hydrogen) atoms. The van der Waals surface area contributed by atoms with E-state index in [1.807, 2.05) is 31.2 Å². The molecule has 3 aromatic carbocycles. The smallest absolute Gasteiger partial charge is 0.257 e. The van der Waals surface area contributed by atoms with Crippen LogP contribution in [0.25, 0.3) is 0 Å². The van der Waals surface area contributed by atoms with E-state index in [1.54, 1.807) is 24.3 Å². The number of carbonyl (C=O) groups excluding carboxylic acids is 3. The van der Waals surface area contributed by atoms with Crippen molar-refractivity contribution in [3.63, 3.8) is 0 Å². The molecule has 3 aromatic rings. The molecular weight excluding hydrogens is 443 g/mol. The zero-order valence-electron chi connectivity index (χ0n) is 18.0. The maximum Gasteiger partial charge on any atom is 0.257 e. The van der Waals surface area contributed by atoms with E-state index in [0.717, 1.165) is 21.6 Å². The summed E-state index contributed by atoms with van der Waals surface area (Å²) in [5.41, 5.74) is 2.97. The predicted octanol–water partition coefficient (Wildman–Crippen LogP) is 4.69. The molecule has 1 atom stereocenters. The van der Waals surface area contributed by atoms with Gasteiger partial charge in [-0.15, -0.1) is 0 Å². The minimum atomic E-state index is -0.941. The quantitative estimate of drug-likeness (QED) is 0.497. The minimum absolute atomic E-state index is 0.0670. The second-order valence-electron chi connectivity index (χ2n) is 8.07. The van der Waals surface area contributed by atoms with Crippen LogP contribution in [0.2, 0.25) is 5.02 Å². The lowest BCUT2D eigenvalue weighted by atomic mass is 10.1. The normalized spacial score (nSPS) is 15.7. The van der Waals surface area contributed by atoms with Crippen molar-refractivity contribution in [1.29, 1.82) is 0 Å². The van der Waals surface area contributed by atoms with E-state index in [0.29, 0.717) is 5.02 Å². The molecule has 3 amide bonds. The number of halogens is 2. The van der Waals surface area contributed by atoms with Gasteiger partial charge < -0.3 is 4.90 Å². The molecule has 0 bridgehead atoms. The van der Waals surface area contributed by atoms with Crippen molar-refractivity contribution in [1.82, 2.24) is 4.90 Å². The second-order valence-corrected chi connectivity index (χ2v) is 8.51. The van der Waals surface area contributed by atoms with Crippen LogP contribution in [0, 0.1) is 12.7 Å². The Balaban J connectivity index is 1.62. The highest BCUT2D eigenvalue weighted by Gasteiger charge is 2.44. The number of hydrogen-bond donors (Lipinski definition) is 0. The van der Waals surface area contributed by atoms with Gasteiger partial charge in [-0.1, -0.05) is 53.6 Å². The van der Waals surface area contributed by atoms with Crippen LogP contribution in [-0.2, 0) is 27.3 Å². The Hall–Kier alpha value is -3.51. The lowest BCUT2D eigenvalue weighted by molar-refractivity contribution is -0.138. The Kier molecular flexibility index (Phi) is 6.56. The lowest BCUT2D eigenvalue weighted by Gasteiger charge is -2.28. The van der Waals surface area contributed by atoms with Crippen LogP contribution >= 0.6 is 11.6 Å². The third kappa shape index (κ3) is 5.12. The van der Waals surface area contributed by atoms with Gasteiger partial charge in [0.25, 0.3) is 5.91 Å². The first-order valence-electron chi connectivity index (χ1n) is 10.5. The highest BCUT2D eigenvalue weighted by Crippen LogP contribution is 2.27. The third-order valence-electron chi connectivity index (χ3n) is 5.65. The molecule has 4 rings (SSSR count). The van der Waals surface area contributed by atoms with Crippen LogP contribution in [0.1, 0.15) is 23.1 Å². The van der Waals surface area contributed by atoms with E-state index < -0.39 is 23.7 Å². The molecule has 0 spiro atoms. The lowest BCUT2D eigenvalue weighted by Crippen LogP contribution is -2.45. The average Bonchev–Trinajstić information content (AvgIpc) is 3.09. The molecule has 0 aromatic heterocycles. The molecular formula is C26H22ClFN2O3. The van der Waals surface area contributed by atoms with Gasteiger partial charge >= 0.3 is 0 Å². The number of amides is 3. The standard InChI is InChI=1S/C26H22ClFN2O3/c1-17-2-4-19(5-3-17)16-29(24(31)14-18-6-8-20(27)9-7-18)23-15-25(32)30(26(23)33)22-12-10-21(28)11-13-22/h2-13,23H,14-16H2,1H3. The topological polar surface area (TPSA) is 57.7 Å². The van der Waals surface area contributed by atoms with Crippen molar-refractivity contribution in [2.24, 2.45) is 0 Å². The van der Waals surface area contributed by atoms with E-state index in [1.165, 1.54) is 29.2 Å². The van der Waals surface area contributed by atoms with Gasteiger partial charge in [-0.25, -0.2) is 9.29 Å². The molecule has 0 radical (unpaired) electrons. The van der Waals surface area contributed by atoms with Crippen molar-refractivity contribution in [3.8, 4) is 0 Å². The molecule has 1 saturated heterocycles. The number of hydrogen-bond acceptors (Lipinski definition) is 3. The summed E-state index contributed by atoms with van der Waals surface area (Å²) < 4.78 is 13.3. The number of imide groups is 1. The Bertz CT molecular complexity index is 1180. The van der Waals surface area contributed by atoms with E-state index in [4.69, 9.17) is 11.6 Å². The van der Waals surface area contributed by atoms with Crippen molar-refractivity contribution < 1.29 is 18.8 Å². The van der Waals surface area contributed by atoms with Crippen LogP contribution < -0.4 is 4.90 Å². The summed E-state index contributed by atoms with van der Waals surface area (Å²) in [6.07, 6.45) is -0.0635. The monoisotopic (exact) mass is 464 g/mol. The van der Waals surface area contributed by atoms with Gasteiger partial charge in [-0.3, -0.25) is 14.4 Å². The fraction of sp³-hybridized carbons (Fsp3) is 0.192. The predicted molar refractivity (Wildman–Crippen MR) is 124 cm³/mol. The molecule has 7 heteroatoms. The van der Waals surface area contributed by atoms with Gasteiger partial charge in [-0.05, 0) is 54.4 Å². The number of aryl methyl sites for hydroxylation is 1. The summed E-state index contributed by atoms with van der Waals surface area (Å²) in [7, 11) is 0. The van der Waals surface area contributed by atoms with Gasteiger partial charge in [0.2, 0.25) is 11.8 Å². The SMILES string of the molecule is Cc1ccc(CN(C(=O)Cc2ccc(Cl)cc2)C2CC(=O)N(c3ccc(F)cc3)C2=O)cc1. The first kappa shape index (κ1) is 22.7. The first-order chi connectivity index (χ1) is 15.8. The van der Waals surface area contributed by atoms with Crippen LogP contribution in [-0.4, -0.2) is 28.7 Å². The summed E-state index contributed by atoms with van der Waals surface area (Å²) in [5, 5.41) is 0.564. The Morgan fingerprint density at radius 2 is 1.58 bits per heavy atom. The molecule has 0 N–H and O–H groups in total. The molecule has 1 aliphatic heterocycles. The van der Waals surface area contributed by atoms with Gasteiger partial charge in [0.1, 0.15) is 11.9 Å². The molecule has 0 saturated carbocycles. The number of rotatable bonds is 6. The summed E-state index contributed by atoms with van der Waals surface area (Å²) in [5.74, 6) is -1.66. The Labute approximate surface area is 196 Å². The van der Waals surface area contributed by atoms with E-state index in [9.17, 15) is 18.8 Å². The van der Waals surface area contributed by atoms with E-state index in [2.05, 4.69) is 0 Å². The number of nitrogens with zero attached hydrogens (tertiary/aromatic N) is 2. The van der Waals surface area contributed by atoms with Crippen LogP contribution in [0.15, 0.2) is 72.8 Å². The largest absolute Gasteiger partial charge is 0.325 e. The van der Waals surface area contributed by atoms with E-state index >= 15 is 0 Å². The first-order valence-corrected chi connectivity index (χ1v) is 10.9. The number of benzene rings is 3. The zero-order chi connectivity index (χ0) is 23.5. The molecule has 0 aliphatic carbocycles. The van der Waals surface area contributed by atoms with Crippen LogP contribution in [0.5, 0.6) is 0 Å². The summed E-state index contributed by atoms with van der Waals surface area (Å²) >= 11 is 5.95. The number of carbonyl (C=O) groups is 3. The fourth-order valence-corrected chi connectivity index (χ4v) is 3.99. The summed E-state index contributed by atoms with van der Waals surface area (Å²) in [4.78, 5) is 41.9. The van der Waals surface area contributed by atoms with Gasteiger partial charge in [0, 0.05) is 11.6 Å².